The fourth-order valence-electron chi connectivity index (χ4n) is 2.14. The molecule has 2 atom stereocenters. The summed E-state index contributed by atoms with van der Waals surface area (Å²) >= 11 is 0. The molecule has 0 aliphatic carbocycles. The van der Waals surface area contributed by atoms with Crippen LogP contribution in [-0.2, 0) is 0 Å². The Morgan fingerprint density at radius 2 is 2.00 bits per heavy atom. The maximum absolute atomic E-state index is 10.1. The van der Waals surface area contributed by atoms with Crippen molar-refractivity contribution < 1.29 is 5.11 Å². The van der Waals surface area contributed by atoms with Crippen LogP contribution in [0.15, 0.2) is 0 Å². The van der Waals surface area contributed by atoms with Gasteiger partial charge in [0.05, 0.1) is 5.60 Å². The van der Waals surface area contributed by atoms with Crippen molar-refractivity contribution >= 4 is 0 Å². The van der Waals surface area contributed by atoms with E-state index in [0.717, 1.165) is 13.1 Å². The first-order chi connectivity index (χ1) is 6.22. The number of rotatable bonds is 0. The molecule has 0 saturated carbocycles. The molecule has 0 spiro atoms. The quantitative estimate of drug-likeness (QED) is 0.608. The molecular formula is C11H24N2O. The van der Waals surface area contributed by atoms with E-state index in [-0.39, 0.29) is 5.54 Å². The highest BCUT2D eigenvalue weighted by atomic mass is 16.3. The van der Waals surface area contributed by atoms with Crippen molar-refractivity contribution in [1.82, 2.24) is 10.2 Å². The third-order valence-corrected chi connectivity index (χ3v) is 2.85. The van der Waals surface area contributed by atoms with E-state index in [9.17, 15) is 5.11 Å². The van der Waals surface area contributed by atoms with Crippen molar-refractivity contribution in [3.63, 3.8) is 0 Å². The van der Waals surface area contributed by atoms with Crippen LogP contribution < -0.4 is 5.32 Å². The molecule has 0 bridgehead atoms. The zero-order valence-corrected chi connectivity index (χ0v) is 10.1. The number of nitrogens with one attached hydrogen (secondary N) is 1. The van der Waals surface area contributed by atoms with Gasteiger partial charge in [0.1, 0.15) is 0 Å². The summed E-state index contributed by atoms with van der Waals surface area (Å²) in [6.07, 6.45) is 0. The lowest BCUT2D eigenvalue weighted by Crippen LogP contribution is -2.53. The molecule has 0 radical (unpaired) electrons. The van der Waals surface area contributed by atoms with Gasteiger partial charge in [-0.2, -0.15) is 0 Å². The molecule has 1 heterocycles. The van der Waals surface area contributed by atoms with Gasteiger partial charge in [-0.25, -0.2) is 0 Å². The van der Waals surface area contributed by atoms with Gasteiger partial charge >= 0.3 is 0 Å². The molecule has 0 aromatic carbocycles. The summed E-state index contributed by atoms with van der Waals surface area (Å²) < 4.78 is 0. The van der Waals surface area contributed by atoms with Crippen LogP contribution in [-0.4, -0.2) is 46.8 Å². The zero-order chi connectivity index (χ0) is 11.0. The Labute approximate surface area is 87.5 Å². The first kappa shape index (κ1) is 12.0. The van der Waals surface area contributed by atoms with E-state index in [4.69, 9.17) is 0 Å². The van der Waals surface area contributed by atoms with Gasteiger partial charge in [-0.1, -0.05) is 0 Å². The minimum Gasteiger partial charge on any atom is -0.388 e. The zero-order valence-electron chi connectivity index (χ0n) is 10.1. The van der Waals surface area contributed by atoms with Crippen molar-refractivity contribution in [1.29, 1.82) is 0 Å². The largest absolute Gasteiger partial charge is 0.388 e. The first-order valence-electron chi connectivity index (χ1n) is 5.42. The molecule has 2 unspecified atom stereocenters. The lowest BCUT2D eigenvalue weighted by molar-refractivity contribution is -0.00720. The lowest BCUT2D eigenvalue weighted by Gasteiger charge is -2.41. The second-order valence-electron chi connectivity index (χ2n) is 5.78. The number of aliphatic hydroxyl groups is 1. The molecule has 3 nitrogen and oxygen atoms in total. The van der Waals surface area contributed by atoms with E-state index in [1.165, 1.54) is 0 Å². The van der Waals surface area contributed by atoms with Crippen LogP contribution in [0.5, 0.6) is 0 Å². The van der Waals surface area contributed by atoms with Crippen LogP contribution in [0.1, 0.15) is 34.6 Å². The van der Waals surface area contributed by atoms with Crippen molar-refractivity contribution in [3.05, 3.63) is 0 Å². The molecule has 1 fully saturated rings. The van der Waals surface area contributed by atoms with Crippen LogP contribution in [0.2, 0.25) is 0 Å². The SMILES string of the molecule is CC1CNCC(C)(O)CN1C(C)(C)C. The Morgan fingerprint density at radius 1 is 1.43 bits per heavy atom. The second kappa shape index (κ2) is 3.80. The highest BCUT2D eigenvalue weighted by Gasteiger charge is 2.35. The van der Waals surface area contributed by atoms with Crippen molar-refractivity contribution in [3.8, 4) is 0 Å². The van der Waals surface area contributed by atoms with E-state index in [1.807, 2.05) is 6.92 Å². The summed E-state index contributed by atoms with van der Waals surface area (Å²) in [5.74, 6) is 0. The Hall–Kier alpha value is -0.120. The summed E-state index contributed by atoms with van der Waals surface area (Å²) in [6, 6.07) is 0.476. The molecule has 3 heteroatoms. The Morgan fingerprint density at radius 3 is 2.50 bits per heavy atom. The van der Waals surface area contributed by atoms with Crippen molar-refractivity contribution in [2.24, 2.45) is 0 Å². The van der Waals surface area contributed by atoms with Crippen LogP contribution in [0.4, 0.5) is 0 Å². The normalized spacial score (nSPS) is 36.9. The monoisotopic (exact) mass is 200 g/mol. The minimum absolute atomic E-state index is 0.120. The maximum Gasteiger partial charge on any atom is 0.0870 e. The van der Waals surface area contributed by atoms with Crippen LogP contribution in [0.25, 0.3) is 0 Å². The van der Waals surface area contributed by atoms with E-state index in [0.29, 0.717) is 12.6 Å². The highest BCUT2D eigenvalue weighted by Crippen LogP contribution is 2.22. The maximum atomic E-state index is 10.1. The van der Waals surface area contributed by atoms with Gasteiger partial charge in [-0.15, -0.1) is 0 Å². The Balaban J connectivity index is 2.79. The summed E-state index contributed by atoms with van der Waals surface area (Å²) in [4.78, 5) is 2.37. The number of hydrogen-bond donors (Lipinski definition) is 2. The smallest absolute Gasteiger partial charge is 0.0870 e. The number of hydrogen-bond acceptors (Lipinski definition) is 3. The molecule has 2 N–H and O–H groups in total. The Kier molecular flexibility index (Phi) is 3.24. The van der Waals surface area contributed by atoms with Crippen LogP contribution >= 0.6 is 0 Å². The van der Waals surface area contributed by atoms with Gasteiger partial charge in [0.15, 0.2) is 0 Å². The average Bonchev–Trinajstić information content (AvgIpc) is 2.09. The molecule has 1 aliphatic rings. The lowest BCUT2D eigenvalue weighted by atomic mass is 9.99. The molecular weight excluding hydrogens is 176 g/mol. The molecule has 84 valence electrons. The van der Waals surface area contributed by atoms with E-state index in [2.05, 4.69) is 37.9 Å². The summed E-state index contributed by atoms with van der Waals surface area (Å²) in [5.41, 5.74) is -0.493. The van der Waals surface area contributed by atoms with Crippen LogP contribution in [0, 0.1) is 0 Å². The summed E-state index contributed by atoms with van der Waals surface area (Å²) in [6.45, 7) is 13.1. The van der Waals surface area contributed by atoms with Gasteiger partial charge in [-0.3, -0.25) is 4.90 Å². The fraction of sp³-hybridized carbons (Fsp3) is 1.00. The highest BCUT2D eigenvalue weighted by molar-refractivity contribution is 4.92. The Bertz CT molecular complexity index is 193. The first-order valence-corrected chi connectivity index (χ1v) is 5.42. The predicted molar refractivity (Wildman–Crippen MR) is 59.4 cm³/mol. The summed E-state index contributed by atoms with van der Waals surface area (Å²) in [7, 11) is 0. The molecule has 0 aromatic heterocycles. The van der Waals surface area contributed by atoms with E-state index < -0.39 is 5.60 Å². The standard InChI is InChI=1S/C11H24N2O/c1-9-6-12-7-11(5,14)8-13(9)10(2,3)4/h9,12,14H,6-8H2,1-5H3. The second-order valence-corrected chi connectivity index (χ2v) is 5.78. The molecule has 1 rings (SSSR count). The summed E-state index contributed by atoms with van der Waals surface area (Å²) in [5, 5.41) is 13.4. The van der Waals surface area contributed by atoms with E-state index in [1.54, 1.807) is 0 Å². The molecule has 1 saturated heterocycles. The third-order valence-electron chi connectivity index (χ3n) is 2.85. The topological polar surface area (TPSA) is 35.5 Å². The molecule has 14 heavy (non-hydrogen) atoms. The van der Waals surface area contributed by atoms with Gasteiger partial charge in [0, 0.05) is 31.2 Å². The fourth-order valence-corrected chi connectivity index (χ4v) is 2.14. The molecule has 1 aliphatic heterocycles. The van der Waals surface area contributed by atoms with Gasteiger partial charge < -0.3 is 10.4 Å². The predicted octanol–water partition coefficient (Wildman–Crippen LogP) is 0.830. The van der Waals surface area contributed by atoms with Gasteiger partial charge in [0.25, 0.3) is 0 Å². The molecule has 0 aromatic rings. The average molecular weight is 200 g/mol. The number of nitrogens with zero attached hydrogens (tertiary/aromatic N) is 1. The molecule has 0 amide bonds. The number of β-amino-alcohol motifs (C(OH)–C–C–N with tert-alkyl or cyclic N) is 1. The van der Waals surface area contributed by atoms with Gasteiger partial charge in [-0.05, 0) is 34.6 Å². The van der Waals surface area contributed by atoms with Crippen molar-refractivity contribution in [2.75, 3.05) is 19.6 Å². The third kappa shape index (κ3) is 2.94. The van der Waals surface area contributed by atoms with Gasteiger partial charge in [0.2, 0.25) is 0 Å². The minimum atomic E-state index is -0.613. The van der Waals surface area contributed by atoms with Crippen LogP contribution in [0.3, 0.4) is 0 Å². The van der Waals surface area contributed by atoms with Crippen molar-refractivity contribution in [2.45, 2.75) is 51.8 Å². The van der Waals surface area contributed by atoms with E-state index >= 15 is 0 Å².